The summed E-state index contributed by atoms with van der Waals surface area (Å²) in [5, 5.41) is 9.13. The minimum absolute atomic E-state index is 0.249. The van der Waals surface area contributed by atoms with Crippen molar-refractivity contribution in [3.05, 3.63) is 24.3 Å². The first-order valence-electron chi connectivity index (χ1n) is 4.70. The van der Waals surface area contributed by atoms with E-state index >= 15 is 0 Å². The number of aromatic nitrogens is 4. The third-order valence-corrected chi connectivity index (χ3v) is 3.05. The Kier molecular flexibility index (Phi) is 1.97. The van der Waals surface area contributed by atoms with Gasteiger partial charge in [-0.3, -0.25) is 4.21 Å². The van der Waals surface area contributed by atoms with Crippen molar-refractivity contribution in [1.29, 1.82) is 0 Å². The highest BCUT2D eigenvalue weighted by Crippen LogP contribution is 2.21. The molecule has 1 atom stereocenters. The summed E-state index contributed by atoms with van der Waals surface area (Å²) in [5.41, 5.74) is 2.30. The van der Waals surface area contributed by atoms with E-state index in [0.29, 0.717) is 11.2 Å². The number of aromatic amines is 1. The fourth-order valence-electron chi connectivity index (χ4n) is 1.63. The summed E-state index contributed by atoms with van der Waals surface area (Å²) in [6.07, 6.45) is 1.53. The molecule has 80 valence electrons. The SMILES string of the molecule is CS(=O)c1nnc2c(n1)[nH]c1ccccc12. The van der Waals surface area contributed by atoms with Crippen LogP contribution < -0.4 is 0 Å². The van der Waals surface area contributed by atoms with Gasteiger partial charge in [-0.2, -0.15) is 4.98 Å². The molecule has 0 saturated carbocycles. The minimum Gasteiger partial charge on any atom is -0.338 e. The molecule has 1 unspecified atom stereocenters. The second-order valence-corrected chi connectivity index (χ2v) is 4.69. The predicted octanol–water partition coefficient (Wildman–Crippen LogP) is 1.24. The topological polar surface area (TPSA) is 71.5 Å². The van der Waals surface area contributed by atoms with Gasteiger partial charge in [0.25, 0.3) is 0 Å². The van der Waals surface area contributed by atoms with E-state index in [1.54, 1.807) is 0 Å². The Morgan fingerprint density at radius 3 is 2.88 bits per heavy atom. The maximum atomic E-state index is 11.2. The maximum Gasteiger partial charge on any atom is 0.241 e. The largest absolute Gasteiger partial charge is 0.338 e. The van der Waals surface area contributed by atoms with Crippen LogP contribution in [0.2, 0.25) is 0 Å². The number of H-pyrrole nitrogens is 1. The van der Waals surface area contributed by atoms with Crippen molar-refractivity contribution in [2.24, 2.45) is 0 Å². The Morgan fingerprint density at radius 2 is 2.06 bits per heavy atom. The number of para-hydroxylation sites is 1. The average molecular weight is 232 g/mol. The molecule has 0 amide bonds. The second-order valence-electron chi connectivity index (χ2n) is 3.42. The van der Waals surface area contributed by atoms with Gasteiger partial charge in [0, 0.05) is 17.2 Å². The van der Waals surface area contributed by atoms with Crippen LogP contribution in [0.25, 0.3) is 22.1 Å². The second kappa shape index (κ2) is 3.34. The van der Waals surface area contributed by atoms with Crippen molar-refractivity contribution < 1.29 is 4.21 Å². The van der Waals surface area contributed by atoms with Crippen LogP contribution in [0.4, 0.5) is 0 Å². The van der Waals surface area contributed by atoms with Gasteiger partial charge in [-0.25, -0.2) is 0 Å². The number of benzene rings is 1. The van der Waals surface area contributed by atoms with E-state index < -0.39 is 10.8 Å². The van der Waals surface area contributed by atoms with Gasteiger partial charge < -0.3 is 4.98 Å². The van der Waals surface area contributed by atoms with Gasteiger partial charge in [-0.1, -0.05) is 18.2 Å². The number of nitrogens with one attached hydrogen (secondary N) is 1. The molecule has 6 heteroatoms. The van der Waals surface area contributed by atoms with Gasteiger partial charge in [0.15, 0.2) is 5.65 Å². The molecule has 0 saturated heterocycles. The van der Waals surface area contributed by atoms with Crippen LogP contribution in [0.5, 0.6) is 0 Å². The molecule has 0 fully saturated rings. The molecule has 1 aromatic carbocycles. The lowest BCUT2D eigenvalue weighted by Gasteiger charge is -1.92. The average Bonchev–Trinajstić information content (AvgIpc) is 2.66. The molecule has 2 heterocycles. The first kappa shape index (κ1) is 9.41. The number of hydrogen-bond acceptors (Lipinski definition) is 4. The van der Waals surface area contributed by atoms with E-state index in [-0.39, 0.29) is 5.16 Å². The van der Waals surface area contributed by atoms with Crippen LogP contribution >= 0.6 is 0 Å². The highest BCUT2D eigenvalue weighted by Gasteiger charge is 2.09. The number of hydrogen-bond donors (Lipinski definition) is 1. The van der Waals surface area contributed by atoms with Gasteiger partial charge in [-0.05, 0) is 6.07 Å². The van der Waals surface area contributed by atoms with E-state index in [4.69, 9.17) is 0 Å². The van der Waals surface area contributed by atoms with E-state index in [2.05, 4.69) is 20.2 Å². The lowest BCUT2D eigenvalue weighted by Crippen LogP contribution is -1.98. The van der Waals surface area contributed by atoms with Crippen LogP contribution in [0.15, 0.2) is 29.4 Å². The summed E-state index contributed by atoms with van der Waals surface area (Å²) < 4.78 is 11.2. The van der Waals surface area contributed by atoms with Crippen LogP contribution in [0.3, 0.4) is 0 Å². The summed E-state index contributed by atoms with van der Waals surface area (Å²) in [4.78, 5) is 7.31. The Labute approximate surface area is 93.4 Å². The highest BCUT2D eigenvalue weighted by atomic mass is 32.2. The molecule has 0 spiro atoms. The van der Waals surface area contributed by atoms with Crippen molar-refractivity contribution >= 4 is 32.9 Å². The molecule has 0 radical (unpaired) electrons. The van der Waals surface area contributed by atoms with Crippen molar-refractivity contribution in [3.8, 4) is 0 Å². The Balaban J connectivity index is 2.41. The van der Waals surface area contributed by atoms with E-state index in [1.165, 1.54) is 6.26 Å². The normalized spacial score (nSPS) is 13.3. The maximum absolute atomic E-state index is 11.2. The molecule has 2 aromatic heterocycles. The smallest absolute Gasteiger partial charge is 0.241 e. The molecule has 0 aliphatic rings. The fourth-order valence-corrected chi connectivity index (χ4v) is 2.00. The summed E-state index contributed by atoms with van der Waals surface area (Å²) in [6.45, 7) is 0. The zero-order valence-corrected chi connectivity index (χ0v) is 9.28. The van der Waals surface area contributed by atoms with E-state index in [0.717, 1.165) is 10.9 Å². The van der Waals surface area contributed by atoms with Crippen LogP contribution in [0.1, 0.15) is 0 Å². The first-order chi connectivity index (χ1) is 7.75. The molecule has 0 aliphatic carbocycles. The van der Waals surface area contributed by atoms with Gasteiger partial charge in [0.05, 0.1) is 10.8 Å². The molecule has 3 aromatic rings. The molecule has 5 nitrogen and oxygen atoms in total. The third kappa shape index (κ3) is 1.30. The molecular formula is C10H8N4OS. The van der Waals surface area contributed by atoms with Crippen molar-refractivity contribution in [2.75, 3.05) is 6.26 Å². The fraction of sp³-hybridized carbons (Fsp3) is 0.100. The van der Waals surface area contributed by atoms with Gasteiger partial charge >= 0.3 is 0 Å². The lowest BCUT2D eigenvalue weighted by molar-refractivity contribution is 0.677. The minimum atomic E-state index is -1.21. The van der Waals surface area contributed by atoms with Gasteiger partial charge in [0.2, 0.25) is 5.16 Å². The monoisotopic (exact) mass is 232 g/mol. The zero-order valence-electron chi connectivity index (χ0n) is 8.47. The van der Waals surface area contributed by atoms with Gasteiger partial charge in [0.1, 0.15) is 5.52 Å². The van der Waals surface area contributed by atoms with Gasteiger partial charge in [-0.15, -0.1) is 10.2 Å². The van der Waals surface area contributed by atoms with E-state index in [1.807, 2.05) is 24.3 Å². The van der Waals surface area contributed by atoms with E-state index in [9.17, 15) is 4.21 Å². The first-order valence-corrected chi connectivity index (χ1v) is 6.26. The van der Waals surface area contributed by atoms with Crippen LogP contribution in [-0.4, -0.2) is 30.6 Å². The third-order valence-electron chi connectivity index (χ3n) is 2.36. The Bertz CT molecular complexity index is 706. The molecule has 0 bridgehead atoms. The predicted molar refractivity (Wildman–Crippen MR) is 61.5 cm³/mol. The summed E-state index contributed by atoms with van der Waals surface area (Å²) in [5.74, 6) is 0. The lowest BCUT2D eigenvalue weighted by atomic mass is 10.2. The molecule has 16 heavy (non-hydrogen) atoms. The molecule has 0 aliphatic heterocycles. The zero-order chi connectivity index (χ0) is 11.1. The summed E-state index contributed by atoms with van der Waals surface area (Å²) in [6, 6.07) is 7.77. The van der Waals surface area contributed by atoms with Crippen molar-refractivity contribution in [3.63, 3.8) is 0 Å². The van der Waals surface area contributed by atoms with Crippen molar-refractivity contribution in [1.82, 2.24) is 20.2 Å². The quantitative estimate of drug-likeness (QED) is 0.685. The summed E-state index contributed by atoms with van der Waals surface area (Å²) >= 11 is 0. The summed E-state index contributed by atoms with van der Waals surface area (Å²) in [7, 11) is -1.21. The Morgan fingerprint density at radius 1 is 1.25 bits per heavy atom. The highest BCUT2D eigenvalue weighted by molar-refractivity contribution is 7.84. The standard InChI is InChI=1S/C10H8N4OS/c1-16(15)10-12-9-8(13-14-10)6-4-2-3-5-7(6)11-9/h2-5H,1H3,(H,11,12,14). The molecular weight excluding hydrogens is 224 g/mol. The number of rotatable bonds is 1. The number of nitrogens with zero attached hydrogens (tertiary/aromatic N) is 3. The Hall–Kier alpha value is -1.82. The number of fused-ring (bicyclic) bond motifs is 3. The van der Waals surface area contributed by atoms with Crippen molar-refractivity contribution in [2.45, 2.75) is 5.16 Å². The molecule has 1 N–H and O–H groups in total. The van der Waals surface area contributed by atoms with Crippen LogP contribution in [0, 0.1) is 0 Å². The molecule has 3 rings (SSSR count). The van der Waals surface area contributed by atoms with Crippen LogP contribution in [-0.2, 0) is 10.8 Å².